The molecule has 118 valence electrons. The van der Waals surface area contributed by atoms with Crippen LogP contribution in [-0.2, 0) is 0 Å². The monoisotopic (exact) mass is 308 g/mol. The Labute approximate surface area is 135 Å². The maximum absolute atomic E-state index is 5.87. The molecule has 4 nitrogen and oxygen atoms in total. The molecule has 0 amide bonds. The molecule has 0 bridgehead atoms. The highest BCUT2D eigenvalue weighted by atomic mass is 16.5. The second-order valence-electron chi connectivity index (χ2n) is 5.99. The van der Waals surface area contributed by atoms with Crippen LogP contribution in [0.3, 0.4) is 0 Å². The van der Waals surface area contributed by atoms with Crippen molar-refractivity contribution in [2.75, 3.05) is 25.1 Å². The molecule has 4 heteroatoms. The first-order valence-electron chi connectivity index (χ1n) is 7.94. The minimum absolute atomic E-state index is 0.403. The number of nitrogens with two attached hydrogens (primary N) is 1. The average molecular weight is 308 g/mol. The van der Waals surface area contributed by atoms with E-state index in [-0.39, 0.29) is 0 Å². The van der Waals surface area contributed by atoms with Crippen molar-refractivity contribution in [2.24, 2.45) is 5.73 Å². The Morgan fingerprint density at radius 2 is 1.96 bits per heavy atom. The van der Waals surface area contributed by atoms with Crippen LogP contribution >= 0.6 is 0 Å². The van der Waals surface area contributed by atoms with Gasteiger partial charge in [0.15, 0.2) is 0 Å². The first-order valence-corrected chi connectivity index (χ1v) is 7.94. The van der Waals surface area contributed by atoms with Crippen molar-refractivity contribution >= 4 is 22.3 Å². The van der Waals surface area contributed by atoms with Crippen LogP contribution < -0.4 is 15.4 Å². The van der Waals surface area contributed by atoms with E-state index < -0.39 is 0 Å². The molecule has 1 aliphatic rings. The molecule has 1 aliphatic heterocycles. The number of nitrogens with zero attached hydrogens (tertiary/aromatic N) is 1. The molecule has 0 fully saturated rings. The van der Waals surface area contributed by atoms with Gasteiger partial charge in [0.1, 0.15) is 11.3 Å². The number of hydrogen-bond donors (Lipinski definition) is 1. The summed E-state index contributed by atoms with van der Waals surface area (Å²) in [6, 6.07) is 14.6. The molecule has 0 aliphatic carbocycles. The Morgan fingerprint density at radius 3 is 2.83 bits per heavy atom. The predicted octanol–water partition coefficient (Wildman–Crippen LogP) is 4.03. The van der Waals surface area contributed by atoms with Gasteiger partial charge in [-0.3, -0.25) is 0 Å². The van der Waals surface area contributed by atoms with Crippen molar-refractivity contribution in [3.63, 3.8) is 0 Å². The number of hydrogen-bond acceptors (Lipinski definition) is 4. The maximum Gasteiger partial charge on any atom is 0.133 e. The van der Waals surface area contributed by atoms with Crippen LogP contribution in [0, 0.1) is 0 Å². The van der Waals surface area contributed by atoms with Crippen LogP contribution in [0.2, 0.25) is 0 Å². The van der Waals surface area contributed by atoms with Gasteiger partial charge in [-0.2, -0.15) is 0 Å². The van der Waals surface area contributed by atoms with E-state index >= 15 is 0 Å². The van der Waals surface area contributed by atoms with E-state index in [1.54, 1.807) is 6.26 Å². The van der Waals surface area contributed by atoms with Gasteiger partial charge in [-0.15, -0.1) is 0 Å². The van der Waals surface area contributed by atoms with E-state index in [9.17, 15) is 0 Å². The van der Waals surface area contributed by atoms with Gasteiger partial charge in [-0.1, -0.05) is 6.07 Å². The Balaban J connectivity index is 1.69. The lowest BCUT2D eigenvalue weighted by Crippen LogP contribution is -2.21. The van der Waals surface area contributed by atoms with E-state index in [2.05, 4.69) is 42.3 Å². The van der Waals surface area contributed by atoms with Crippen LogP contribution in [0.4, 0.5) is 11.4 Å². The number of fused-ring (bicyclic) bond motifs is 2. The van der Waals surface area contributed by atoms with Crippen LogP contribution in [0.1, 0.15) is 17.9 Å². The summed E-state index contributed by atoms with van der Waals surface area (Å²) in [5.41, 5.74) is 10.2. The van der Waals surface area contributed by atoms with Crippen LogP contribution in [-0.4, -0.2) is 20.2 Å². The van der Waals surface area contributed by atoms with E-state index in [1.165, 1.54) is 5.56 Å². The molecule has 0 radical (unpaired) electrons. The molecular formula is C19H20N2O2. The highest BCUT2D eigenvalue weighted by Gasteiger charge is 2.21. The predicted molar refractivity (Wildman–Crippen MR) is 92.6 cm³/mol. The third-order valence-corrected chi connectivity index (χ3v) is 4.66. The summed E-state index contributed by atoms with van der Waals surface area (Å²) in [5.74, 6) is 1.36. The molecule has 1 atom stereocenters. The second-order valence-corrected chi connectivity index (χ2v) is 5.99. The second kappa shape index (κ2) is 5.63. The van der Waals surface area contributed by atoms with Gasteiger partial charge in [0.2, 0.25) is 0 Å². The fourth-order valence-corrected chi connectivity index (χ4v) is 3.22. The molecular weight excluding hydrogens is 288 g/mol. The zero-order valence-corrected chi connectivity index (χ0v) is 13.2. The third-order valence-electron chi connectivity index (χ3n) is 4.66. The molecule has 1 aromatic heterocycles. The van der Waals surface area contributed by atoms with Crippen molar-refractivity contribution < 1.29 is 9.15 Å². The number of furan rings is 1. The molecule has 0 spiro atoms. The smallest absolute Gasteiger partial charge is 0.133 e. The molecule has 3 aromatic rings. The summed E-state index contributed by atoms with van der Waals surface area (Å²) in [4.78, 5) is 2.15. The average Bonchev–Trinajstić information content (AvgIpc) is 3.07. The minimum atomic E-state index is 0.403. The van der Waals surface area contributed by atoms with Crippen molar-refractivity contribution in [3.05, 3.63) is 54.3 Å². The summed E-state index contributed by atoms with van der Waals surface area (Å²) in [7, 11) is 2.06. The highest BCUT2D eigenvalue weighted by Crippen LogP contribution is 2.37. The minimum Gasteiger partial charge on any atom is -0.493 e. The lowest BCUT2D eigenvalue weighted by Gasteiger charge is -2.27. The maximum atomic E-state index is 5.87. The molecule has 0 unspecified atom stereocenters. The van der Waals surface area contributed by atoms with E-state index in [1.807, 2.05) is 12.1 Å². The highest BCUT2D eigenvalue weighted by molar-refractivity contribution is 5.83. The molecule has 23 heavy (non-hydrogen) atoms. The Hall–Kier alpha value is -2.46. The summed E-state index contributed by atoms with van der Waals surface area (Å²) in [6.07, 6.45) is 2.71. The van der Waals surface area contributed by atoms with Gasteiger partial charge in [0.25, 0.3) is 0 Å². The van der Waals surface area contributed by atoms with Crippen molar-refractivity contribution in [3.8, 4) is 5.75 Å². The van der Waals surface area contributed by atoms with Gasteiger partial charge in [0.05, 0.1) is 12.9 Å². The topological polar surface area (TPSA) is 51.6 Å². The number of anilines is 2. The summed E-state index contributed by atoms with van der Waals surface area (Å²) < 4.78 is 11.2. The molecule has 2 heterocycles. The fraction of sp³-hybridized carbons (Fsp3) is 0.263. The van der Waals surface area contributed by atoms with Gasteiger partial charge >= 0.3 is 0 Å². The molecule has 2 aromatic carbocycles. The van der Waals surface area contributed by atoms with Gasteiger partial charge in [0, 0.05) is 35.8 Å². The van der Waals surface area contributed by atoms with Gasteiger partial charge in [-0.05, 0) is 48.9 Å². The zero-order valence-electron chi connectivity index (χ0n) is 13.2. The van der Waals surface area contributed by atoms with E-state index in [0.29, 0.717) is 12.5 Å². The summed E-state index contributed by atoms with van der Waals surface area (Å²) in [6.45, 7) is 1.41. The summed E-state index contributed by atoms with van der Waals surface area (Å²) in [5, 5.41) is 1.10. The first kappa shape index (κ1) is 14.2. The van der Waals surface area contributed by atoms with E-state index in [4.69, 9.17) is 14.9 Å². The van der Waals surface area contributed by atoms with Crippen LogP contribution in [0.15, 0.2) is 53.1 Å². The number of benzene rings is 2. The first-order chi connectivity index (χ1) is 11.3. The molecule has 0 saturated carbocycles. The number of ether oxygens (including phenoxy) is 1. The SMILES string of the molecule is CN(c1ccc2c(c1)OCC[C@H]2CN)c1ccc2occc2c1. The Kier molecular flexibility index (Phi) is 3.46. The normalized spacial score (nSPS) is 16.9. The molecule has 0 saturated heterocycles. The molecule has 2 N–H and O–H groups in total. The molecule has 4 rings (SSSR count). The van der Waals surface area contributed by atoms with Crippen LogP contribution in [0.25, 0.3) is 11.0 Å². The Bertz CT molecular complexity index is 840. The zero-order chi connectivity index (χ0) is 15.8. The number of rotatable bonds is 3. The van der Waals surface area contributed by atoms with Crippen molar-refractivity contribution in [1.82, 2.24) is 0 Å². The summed E-state index contributed by atoms with van der Waals surface area (Å²) >= 11 is 0. The lowest BCUT2D eigenvalue weighted by atomic mass is 9.93. The quantitative estimate of drug-likeness (QED) is 0.794. The van der Waals surface area contributed by atoms with Crippen LogP contribution in [0.5, 0.6) is 5.75 Å². The third kappa shape index (κ3) is 2.45. The largest absolute Gasteiger partial charge is 0.493 e. The Morgan fingerprint density at radius 1 is 1.13 bits per heavy atom. The van der Waals surface area contributed by atoms with E-state index in [0.717, 1.165) is 41.1 Å². The van der Waals surface area contributed by atoms with Gasteiger partial charge < -0.3 is 19.8 Å². The fourth-order valence-electron chi connectivity index (χ4n) is 3.22. The van der Waals surface area contributed by atoms with Crippen molar-refractivity contribution in [1.29, 1.82) is 0 Å². The lowest BCUT2D eigenvalue weighted by molar-refractivity contribution is 0.269. The van der Waals surface area contributed by atoms with Gasteiger partial charge in [-0.25, -0.2) is 0 Å². The standard InChI is InChI=1S/C19H20N2O2/c1-21(15-3-5-18-13(10-15)6-8-22-18)16-2-4-17-14(12-20)7-9-23-19(17)11-16/h2-6,8,10-11,14H,7,9,12,20H2,1H3/t14-/m0/s1. The van der Waals surface area contributed by atoms with Crippen molar-refractivity contribution in [2.45, 2.75) is 12.3 Å².